The normalized spacial score (nSPS) is 21.5. The number of hydrogen-bond acceptors (Lipinski definition) is 6. The highest BCUT2D eigenvalue weighted by Gasteiger charge is 2.25. The van der Waals surface area contributed by atoms with Gasteiger partial charge in [0.2, 0.25) is 5.91 Å². The molecule has 3 rings (SSSR count). The lowest BCUT2D eigenvalue weighted by molar-refractivity contribution is -0.124. The van der Waals surface area contributed by atoms with Crippen LogP contribution >= 0.6 is 0 Å². The molecule has 23 heavy (non-hydrogen) atoms. The number of hydrogen-bond donors (Lipinski definition) is 2. The Morgan fingerprint density at radius 3 is 3.13 bits per heavy atom. The number of ether oxygens (including phenoxy) is 1. The van der Waals surface area contributed by atoms with E-state index in [1.807, 2.05) is 13.8 Å². The molecule has 3 heterocycles. The van der Waals surface area contributed by atoms with Gasteiger partial charge in [0.25, 0.3) is 5.78 Å². The number of carbonyl (C=O) groups excluding carboxylic acids is 1. The Balaban J connectivity index is 1.64. The van der Waals surface area contributed by atoms with Crippen LogP contribution in [0.4, 0.5) is 0 Å². The summed E-state index contributed by atoms with van der Waals surface area (Å²) in [6, 6.07) is -0.227. The summed E-state index contributed by atoms with van der Waals surface area (Å²) in [5.74, 6) is 0.493. The molecule has 1 aliphatic rings. The lowest BCUT2D eigenvalue weighted by atomic mass is 10.0. The first-order chi connectivity index (χ1) is 11.1. The predicted molar refractivity (Wildman–Crippen MR) is 82.0 cm³/mol. The maximum absolute atomic E-state index is 12.1. The minimum atomic E-state index is -0.635. The molecule has 8 nitrogen and oxygen atoms in total. The summed E-state index contributed by atoms with van der Waals surface area (Å²) < 4.78 is 6.85. The number of amides is 1. The van der Waals surface area contributed by atoms with Crippen LogP contribution < -0.4 is 5.32 Å². The number of nitrogens with zero attached hydrogens (tertiary/aromatic N) is 4. The number of aryl methyl sites for hydroxylation is 2. The zero-order valence-electron chi connectivity index (χ0n) is 13.3. The first-order valence-corrected chi connectivity index (χ1v) is 7.77. The van der Waals surface area contributed by atoms with Gasteiger partial charge >= 0.3 is 0 Å². The van der Waals surface area contributed by atoms with Crippen molar-refractivity contribution in [1.82, 2.24) is 24.9 Å². The van der Waals surface area contributed by atoms with Crippen molar-refractivity contribution in [3.63, 3.8) is 0 Å². The Kier molecular flexibility index (Phi) is 4.53. The van der Waals surface area contributed by atoms with E-state index in [2.05, 4.69) is 20.4 Å². The van der Waals surface area contributed by atoms with Crippen molar-refractivity contribution in [3.8, 4) is 0 Å². The first kappa shape index (κ1) is 15.8. The van der Waals surface area contributed by atoms with Crippen molar-refractivity contribution in [2.45, 2.75) is 45.3 Å². The molecule has 0 aliphatic carbocycles. The molecule has 0 spiro atoms. The molecule has 124 valence electrons. The van der Waals surface area contributed by atoms with Crippen molar-refractivity contribution in [1.29, 1.82) is 0 Å². The molecule has 0 unspecified atom stereocenters. The number of fused-ring (bicyclic) bond motifs is 1. The fourth-order valence-electron chi connectivity index (χ4n) is 2.93. The Labute approximate surface area is 133 Å². The molecule has 1 saturated heterocycles. The topological polar surface area (TPSA) is 102 Å². The van der Waals surface area contributed by atoms with Crippen LogP contribution in [-0.4, -0.2) is 56.0 Å². The first-order valence-electron chi connectivity index (χ1n) is 7.77. The lowest BCUT2D eigenvalue weighted by Gasteiger charge is -2.28. The van der Waals surface area contributed by atoms with E-state index >= 15 is 0 Å². The third kappa shape index (κ3) is 3.32. The Hall–Kier alpha value is -2.06. The molecule has 1 aliphatic heterocycles. The average Bonchev–Trinajstić information content (AvgIpc) is 2.98. The van der Waals surface area contributed by atoms with Crippen LogP contribution in [0.5, 0.6) is 0 Å². The number of aliphatic hydroxyl groups is 1. The van der Waals surface area contributed by atoms with Crippen LogP contribution in [0.3, 0.4) is 0 Å². The number of rotatable bonds is 4. The summed E-state index contributed by atoms with van der Waals surface area (Å²) in [6.45, 7) is 4.70. The number of aliphatic hydroxyl groups excluding tert-OH is 1. The van der Waals surface area contributed by atoms with Crippen LogP contribution in [0.2, 0.25) is 0 Å². The van der Waals surface area contributed by atoms with Crippen molar-refractivity contribution in [3.05, 3.63) is 23.3 Å². The van der Waals surface area contributed by atoms with Gasteiger partial charge in [-0.05, 0) is 32.3 Å². The Morgan fingerprint density at radius 1 is 1.52 bits per heavy atom. The molecule has 2 aromatic rings. The Morgan fingerprint density at radius 2 is 2.35 bits per heavy atom. The zero-order valence-corrected chi connectivity index (χ0v) is 13.3. The quantitative estimate of drug-likeness (QED) is 0.818. The van der Waals surface area contributed by atoms with E-state index < -0.39 is 6.10 Å². The van der Waals surface area contributed by atoms with E-state index in [1.165, 1.54) is 6.33 Å². The number of nitrogens with one attached hydrogen (secondary N) is 1. The average molecular weight is 319 g/mol. The van der Waals surface area contributed by atoms with Gasteiger partial charge in [-0.25, -0.2) is 9.50 Å². The summed E-state index contributed by atoms with van der Waals surface area (Å²) in [5, 5.41) is 16.8. The van der Waals surface area contributed by atoms with Gasteiger partial charge in [-0.3, -0.25) is 4.79 Å². The smallest absolute Gasteiger partial charge is 0.252 e. The van der Waals surface area contributed by atoms with Gasteiger partial charge in [0.15, 0.2) is 0 Å². The molecule has 1 amide bonds. The van der Waals surface area contributed by atoms with E-state index in [4.69, 9.17) is 4.74 Å². The van der Waals surface area contributed by atoms with Crippen LogP contribution in [-0.2, 0) is 16.0 Å². The molecule has 0 aromatic carbocycles. The highest BCUT2D eigenvalue weighted by atomic mass is 16.5. The molecular formula is C15H21N5O3. The summed E-state index contributed by atoms with van der Waals surface area (Å²) in [5.41, 5.74) is 2.82. The van der Waals surface area contributed by atoms with Gasteiger partial charge in [0.05, 0.1) is 18.8 Å². The van der Waals surface area contributed by atoms with Crippen molar-refractivity contribution in [2.24, 2.45) is 0 Å². The monoisotopic (exact) mass is 319 g/mol. The van der Waals surface area contributed by atoms with Gasteiger partial charge in [0.1, 0.15) is 6.33 Å². The molecular weight excluding hydrogens is 298 g/mol. The molecule has 0 bridgehead atoms. The molecule has 0 saturated carbocycles. The summed E-state index contributed by atoms with van der Waals surface area (Å²) in [7, 11) is 0. The van der Waals surface area contributed by atoms with E-state index in [-0.39, 0.29) is 18.6 Å². The highest BCUT2D eigenvalue weighted by Crippen LogP contribution is 2.15. The third-order valence-electron chi connectivity index (χ3n) is 4.26. The maximum Gasteiger partial charge on any atom is 0.252 e. The largest absolute Gasteiger partial charge is 0.389 e. The highest BCUT2D eigenvalue weighted by molar-refractivity contribution is 5.76. The van der Waals surface area contributed by atoms with Crippen LogP contribution in [0.1, 0.15) is 29.8 Å². The molecule has 8 heteroatoms. The fourth-order valence-corrected chi connectivity index (χ4v) is 2.93. The third-order valence-corrected chi connectivity index (χ3v) is 4.26. The predicted octanol–water partition coefficient (Wildman–Crippen LogP) is -0.0603. The van der Waals surface area contributed by atoms with Crippen LogP contribution in [0, 0.1) is 13.8 Å². The van der Waals surface area contributed by atoms with Crippen molar-refractivity contribution >= 4 is 11.7 Å². The fraction of sp³-hybridized carbons (Fsp3) is 0.600. The SMILES string of the molecule is Cc1nc2ncnn2c(C)c1CCC(=O)N[C@@H]1CCOC[C@H]1O. The van der Waals surface area contributed by atoms with E-state index in [0.29, 0.717) is 31.6 Å². The number of aromatic nitrogens is 4. The van der Waals surface area contributed by atoms with Crippen molar-refractivity contribution < 1.29 is 14.6 Å². The minimum absolute atomic E-state index is 0.0755. The summed E-state index contributed by atoms with van der Waals surface area (Å²) >= 11 is 0. The van der Waals surface area contributed by atoms with Crippen molar-refractivity contribution in [2.75, 3.05) is 13.2 Å². The van der Waals surface area contributed by atoms with Crippen LogP contribution in [0.25, 0.3) is 5.78 Å². The molecule has 0 radical (unpaired) electrons. The van der Waals surface area contributed by atoms with Crippen LogP contribution in [0.15, 0.2) is 6.33 Å². The standard InChI is InChI=1S/C15H21N5O3/c1-9-11(10(2)20-15(18-9)16-8-17-20)3-4-14(22)19-12-5-6-23-7-13(12)21/h8,12-13,21H,3-7H2,1-2H3,(H,19,22)/t12-,13-/m1/s1. The number of carbonyl (C=O) groups is 1. The van der Waals surface area contributed by atoms with Gasteiger partial charge in [0, 0.05) is 24.4 Å². The van der Waals surface area contributed by atoms with E-state index in [1.54, 1.807) is 4.52 Å². The second-order valence-corrected chi connectivity index (χ2v) is 5.84. The minimum Gasteiger partial charge on any atom is -0.389 e. The molecule has 2 atom stereocenters. The zero-order chi connectivity index (χ0) is 16.4. The molecule has 2 N–H and O–H groups in total. The van der Waals surface area contributed by atoms with Gasteiger partial charge in [-0.1, -0.05) is 0 Å². The Bertz CT molecular complexity index is 714. The van der Waals surface area contributed by atoms with Gasteiger partial charge in [-0.15, -0.1) is 0 Å². The summed E-state index contributed by atoms with van der Waals surface area (Å²) in [4.78, 5) is 20.6. The molecule has 1 fully saturated rings. The van der Waals surface area contributed by atoms with Gasteiger partial charge in [-0.2, -0.15) is 10.1 Å². The van der Waals surface area contributed by atoms with Gasteiger partial charge < -0.3 is 15.2 Å². The molecule has 2 aromatic heterocycles. The lowest BCUT2D eigenvalue weighted by Crippen LogP contribution is -2.48. The van der Waals surface area contributed by atoms with E-state index in [0.717, 1.165) is 17.0 Å². The second kappa shape index (κ2) is 6.59. The summed E-state index contributed by atoms with van der Waals surface area (Å²) in [6.07, 6.45) is 2.39. The second-order valence-electron chi connectivity index (χ2n) is 5.84. The van der Waals surface area contributed by atoms with E-state index in [9.17, 15) is 9.90 Å². The maximum atomic E-state index is 12.1.